The molecule has 0 bridgehead atoms. The molecule has 0 radical (unpaired) electrons. The molecule has 234 valence electrons. The molecule has 5 rings (SSSR count). The number of pyridine rings is 1. The Kier molecular flexibility index (Phi) is 8.72. The largest absolute Gasteiger partial charge is 0.298 e. The van der Waals surface area contributed by atoms with E-state index in [2.05, 4.69) is 10.1 Å². The van der Waals surface area contributed by atoms with Crippen molar-refractivity contribution in [3.63, 3.8) is 0 Å². The van der Waals surface area contributed by atoms with Crippen LogP contribution in [0.3, 0.4) is 0 Å². The van der Waals surface area contributed by atoms with Crippen LogP contribution in [0, 0.1) is 17.5 Å². The van der Waals surface area contributed by atoms with Gasteiger partial charge in [0.2, 0.25) is 0 Å². The molecule has 13 heteroatoms. The zero-order valence-corrected chi connectivity index (χ0v) is 23.6. The number of aromatic nitrogens is 3. The molecule has 2 aromatic carbocycles. The Bertz CT molecular complexity index is 1800. The van der Waals surface area contributed by atoms with Crippen molar-refractivity contribution in [3.05, 3.63) is 106 Å². The van der Waals surface area contributed by atoms with E-state index in [1.165, 1.54) is 31.3 Å². The van der Waals surface area contributed by atoms with Gasteiger partial charge >= 0.3 is 0 Å². The quantitative estimate of drug-likeness (QED) is 0.133. The molecule has 2 heterocycles. The number of hydrogen-bond donors (Lipinski definition) is 0. The number of alkyl halides is 4. The summed E-state index contributed by atoms with van der Waals surface area (Å²) in [6.45, 7) is 0.274. The average Bonchev–Trinajstić information content (AvgIpc) is 3.36. The van der Waals surface area contributed by atoms with Crippen molar-refractivity contribution in [1.29, 1.82) is 0 Å². The molecule has 2 aromatic heterocycles. The van der Waals surface area contributed by atoms with E-state index in [0.29, 0.717) is 21.9 Å². The van der Waals surface area contributed by atoms with Gasteiger partial charge in [0.15, 0.2) is 17.3 Å². The lowest BCUT2D eigenvalue weighted by atomic mass is 9.86. The van der Waals surface area contributed by atoms with Crippen molar-refractivity contribution in [2.24, 2.45) is 0 Å². The minimum atomic E-state index is -3.70. The van der Waals surface area contributed by atoms with E-state index in [9.17, 15) is 45.1 Å². The van der Waals surface area contributed by atoms with Crippen LogP contribution in [-0.4, -0.2) is 32.1 Å². The highest BCUT2D eigenvalue weighted by Gasteiger charge is 2.47. The first-order chi connectivity index (χ1) is 21.2. The molecule has 0 saturated carbocycles. The minimum absolute atomic E-state index is 0.124. The van der Waals surface area contributed by atoms with E-state index in [-0.39, 0.29) is 23.2 Å². The molecule has 1 atom stereocenters. The van der Waals surface area contributed by atoms with Crippen molar-refractivity contribution in [2.75, 3.05) is 0 Å². The monoisotopic (exact) mass is 631 g/mol. The van der Waals surface area contributed by atoms with Crippen molar-refractivity contribution < 1.29 is 45.1 Å². The second-order valence-electron chi connectivity index (χ2n) is 10.8. The second kappa shape index (κ2) is 12.4. The first-order valence-electron chi connectivity index (χ1n) is 13.8. The third kappa shape index (κ3) is 6.57. The minimum Gasteiger partial charge on any atom is -0.298 e. The number of ketones is 3. The number of rotatable bonds is 10. The van der Waals surface area contributed by atoms with Gasteiger partial charge in [0.1, 0.15) is 35.4 Å². The topological polar surface area (TPSA) is 81.9 Å². The summed E-state index contributed by atoms with van der Waals surface area (Å²) in [6, 6.07) is 9.60. The Labute approximate surface area is 251 Å². The van der Waals surface area contributed by atoms with Crippen molar-refractivity contribution in [3.8, 4) is 11.1 Å². The molecule has 0 amide bonds. The van der Waals surface area contributed by atoms with Crippen LogP contribution in [0.2, 0.25) is 0 Å². The molecule has 4 aromatic rings. The molecule has 0 N–H and O–H groups in total. The number of carbonyl (C=O) groups is 3. The number of benzene rings is 2. The molecule has 1 aliphatic rings. The molecular formula is C32H24F7N3O3. The first kappa shape index (κ1) is 31.7. The van der Waals surface area contributed by atoms with Gasteiger partial charge in [-0.25, -0.2) is 22.0 Å². The van der Waals surface area contributed by atoms with Crippen LogP contribution >= 0.6 is 0 Å². The summed E-state index contributed by atoms with van der Waals surface area (Å²) < 4.78 is 100. The van der Waals surface area contributed by atoms with Gasteiger partial charge in [-0.05, 0) is 54.8 Å². The summed E-state index contributed by atoms with van der Waals surface area (Å²) in [5.41, 5.74) is -2.30. The molecule has 1 aliphatic carbocycles. The van der Waals surface area contributed by atoms with Gasteiger partial charge in [0, 0.05) is 43.0 Å². The van der Waals surface area contributed by atoms with Gasteiger partial charge < -0.3 is 0 Å². The fourth-order valence-corrected chi connectivity index (χ4v) is 5.64. The number of fused-ring (bicyclic) bond motifs is 1. The smallest absolute Gasteiger partial charge is 0.290 e. The van der Waals surface area contributed by atoms with E-state index in [1.54, 1.807) is 6.07 Å². The normalized spacial score (nSPS) is 14.8. The van der Waals surface area contributed by atoms with Gasteiger partial charge in [-0.3, -0.25) is 24.0 Å². The van der Waals surface area contributed by atoms with Crippen LogP contribution in [0.4, 0.5) is 30.7 Å². The fraction of sp³-hybridized carbons (Fsp3) is 0.281. The Balaban J connectivity index is 1.56. The Morgan fingerprint density at radius 3 is 2.38 bits per heavy atom. The molecule has 0 unspecified atom stereocenters. The molecule has 0 aliphatic heterocycles. The van der Waals surface area contributed by atoms with Crippen LogP contribution in [0.15, 0.2) is 54.7 Å². The predicted molar refractivity (Wildman–Crippen MR) is 147 cm³/mol. The van der Waals surface area contributed by atoms with E-state index >= 15 is 0 Å². The van der Waals surface area contributed by atoms with Gasteiger partial charge in [-0.2, -0.15) is 13.9 Å². The van der Waals surface area contributed by atoms with Gasteiger partial charge in [0.05, 0.1) is 16.8 Å². The van der Waals surface area contributed by atoms with Gasteiger partial charge in [0.25, 0.3) is 12.3 Å². The number of nitrogens with zero attached hydrogens (tertiary/aromatic N) is 3. The number of halogens is 7. The summed E-state index contributed by atoms with van der Waals surface area (Å²) >= 11 is 0. The second-order valence-corrected chi connectivity index (χ2v) is 10.8. The van der Waals surface area contributed by atoms with Gasteiger partial charge in [-0.15, -0.1) is 0 Å². The van der Waals surface area contributed by atoms with E-state index in [4.69, 9.17) is 0 Å². The highest BCUT2D eigenvalue weighted by atomic mass is 19.3. The molecular weight excluding hydrogens is 607 g/mol. The molecule has 0 fully saturated rings. The lowest BCUT2D eigenvalue weighted by Crippen LogP contribution is -2.29. The van der Waals surface area contributed by atoms with E-state index < -0.39 is 95.8 Å². The van der Waals surface area contributed by atoms with Crippen LogP contribution in [-0.2, 0) is 23.7 Å². The lowest BCUT2D eigenvalue weighted by molar-refractivity contribution is -0.120. The van der Waals surface area contributed by atoms with Gasteiger partial charge in [-0.1, -0.05) is 12.1 Å². The predicted octanol–water partition coefficient (Wildman–Crippen LogP) is 7.56. The van der Waals surface area contributed by atoms with Crippen LogP contribution in [0.5, 0.6) is 0 Å². The molecule has 0 saturated heterocycles. The third-order valence-corrected chi connectivity index (χ3v) is 7.56. The molecule has 6 nitrogen and oxygen atoms in total. The average molecular weight is 632 g/mol. The SMILES string of the molecule is CC(=O)c1cc(-c2cccnc2[C@@H](CC(=O)Cn2nc(C(F)F)c3c2C(F)(F)CCC3=O)Cc2cc(F)cc(F)c2)ccc1F. The summed E-state index contributed by atoms with van der Waals surface area (Å²) in [4.78, 5) is 42.2. The van der Waals surface area contributed by atoms with Crippen molar-refractivity contribution in [2.45, 2.75) is 57.4 Å². The Morgan fingerprint density at radius 1 is 1.00 bits per heavy atom. The standard InChI is InChI=1S/C32H24F7N3O3/c1-16(43)24-13-18(4-5-25(24)35)23-3-2-8-40-28(23)19(9-17-10-20(33)14-21(34)11-17)12-22(44)15-42-30-27(29(41-42)31(36)37)26(45)6-7-32(30,38)39/h2-5,8,10-11,13-14,19,31H,6-7,9,12,15H2,1H3/t19-/m1/s1. The van der Waals surface area contributed by atoms with E-state index in [0.717, 1.165) is 18.2 Å². The van der Waals surface area contributed by atoms with E-state index in [1.807, 2.05) is 0 Å². The summed E-state index contributed by atoms with van der Waals surface area (Å²) in [7, 11) is 0. The third-order valence-electron chi connectivity index (χ3n) is 7.56. The van der Waals surface area contributed by atoms with Crippen LogP contribution < -0.4 is 0 Å². The summed E-state index contributed by atoms with van der Waals surface area (Å²) in [5, 5.41) is 3.53. The lowest BCUT2D eigenvalue weighted by Gasteiger charge is -2.23. The van der Waals surface area contributed by atoms with Crippen LogP contribution in [0.25, 0.3) is 11.1 Å². The first-order valence-corrected chi connectivity index (χ1v) is 13.8. The maximum atomic E-state index is 14.9. The number of carbonyl (C=O) groups excluding carboxylic acids is 3. The highest BCUT2D eigenvalue weighted by Crippen LogP contribution is 2.43. The van der Waals surface area contributed by atoms with Crippen molar-refractivity contribution in [1.82, 2.24) is 14.8 Å². The maximum Gasteiger partial charge on any atom is 0.290 e. The number of Topliss-reactive ketones (excluding diaryl/α,β-unsaturated/α-hetero) is 3. The maximum absolute atomic E-state index is 14.9. The number of hydrogen-bond acceptors (Lipinski definition) is 5. The molecule has 0 spiro atoms. The zero-order chi connectivity index (χ0) is 32.6. The van der Waals surface area contributed by atoms with Crippen LogP contribution in [0.1, 0.15) is 81.9 Å². The highest BCUT2D eigenvalue weighted by molar-refractivity contribution is 6.00. The Hall–Kier alpha value is -4.68. The summed E-state index contributed by atoms with van der Waals surface area (Å²) in [5.74, 6) is -9.49. The Morgan fingerprint density at radius 2 is 1.71 bits per heavy atom. The fourth-order valence-electron chi connectivity index (χ4n) is 5.64. The zero-order valence-electron chi connectivity index (χ0n) is 23.6. The van der Waals surface area contributed by atoms with Crippen molar-refractivity contribution >= 4 is 17.3 Å². The molecule has 45 heavy (non-hydrogen) atoms. The summed E-state index contributed by atoms with van der Waals surface area (Å²) in [6.07, 6.45) is -4.24.